The highest BCUT2D eigenvalue weighted by atomic mass is 15.0. The Kier molecular flexibility index (Phi) is 2.91. The summed E-state index contributed by atoms with van der Waals surface area (Å²) in [5.74, 6) is 0.972. The van der Waals surface area contributed by atoms with Crippen LogP contribution in [0.15, 0.2) is 36.5 Å². The number of anilines is 1. The molecule has 2 aromatic heterocycles. The number of aryl methyl sites for hydroxylation is 3. The standard InChI is InChI=1S/C15H16N4/c1-10-7-8-17-15-14(10)18-13(19-15)6-5-11-3-2-4-12(16)9-11/h2-4,7-9H,5-6,16H2,1H3,(H,17,18,19). The summed E-state index contributed by atoms with van der Waals surface area (Å²) in [6.07, 6.45) is 3.57. The fourth-order valence-corrected chi connectivity index (χ4v) is 2.21. The molecule has 0 fully saturated rings. The number of aromatic nitrogens is 3. The van der Waals surface area contributed by atoms with Gasteiger partial charge in [-0.25, -0.2) is 9.97 Å². The Morgan fingerprint density at radius 1 is 1.21 bits per heavy atom. The van der Waals surface area contributed by atoms with E-state index in [9.17, 15) is 0 Å². The van der Waals surface area contributed by atoms with E-state index in [-0.39, 0.29) is 0 Å². The molecular formula is C15H16N4. The lowest BCUT2D eigenvalue weighted by Gasteiger charge is -2.00. The average Bonchev–Trinajstić information content (AvgIpc) is 2.81. The summed E-state index contributed by atoms with van der Waals surface area (Å²) in [7, 11) is 0. The average molecular weight is 252 g/mol. The predicted octanol–water partition coefficient (Wildman–Crippen LogP) is 2.63. The molecule has 0 aliphatic rings. The van der Waals surface area contributed by atoms with Crippen LogP contribution in [0.3, 0.4) is 0 Å². The van der Waals surface area contributed by atoms with E-state index in [0.29, 0.717) is 0 Å². The van der Waals surface area contributed by atoms with Crippen LogP contribution in [-0.2, 0) is 12.8 Å². The first kappa shape index (κ1) is 11.7. The predicted molar refractivity (Wildman–Crippen MR) is 76.9 cm³/mol. The number of benzene rings is 1. The minimum absolute atomic E-state index is 0.794. The van der Waals surface area contributed by atoms with Crippen LogP contribution in [0.1, 0.15) is 17.0 Å². The fourth-order valence-electron chi connectivity index (χ4n) is 2.21. The van der Waals surface area contributed by atoms with Crippen LogP contribution in [-0.4, -0.2) is 15.0 Å². The third-order valence-corrected chi connectivity index (χ3v) is 3.25. The molecule has 0 aliphatic carbocycles. The zero-order valence-electron chi connectivity index (χ0n) is 10.9. The number of hydrogen-bond donors (Lipinski definition) is 2. The van der Waals surface area contributed by atoms with Gasteiger partial charge in [-0.1, -0.05) is 12.1 Å². The van der Waals surface area contributed by atoms with Crippen molar-refractivity contribution in [2.45, 2.75) is 19.8 Å². The number of imidazole rings is 1. The Bertz CT molecular complexity index is 715. The molecule has 2 heterocycles. The van der Waals surface area contributed by atoms with Crippen molar-refractivity contribution in [3.05, 3.63) is 53.5 Å². The van der Waals surface area contributed by atoms with Gasteiger partial charge in [-0.3, -0.25) is 0 Å². The largest absolute Gasteiger partial charge is 0.399 e. The molecule has 3 aromatic rings. The molecule has 96 valence electrons. The second kappa shape index (κ2) is 4.72. The summed E-state index contributed by atoms with van der Waals surface area (Å²) in [4.78, 5) is 12.1. The molecule has 0 unspecified atom stereocenters. The summed E-state index contributed by atoms with van der Waals surface area (Å²) in [6.45, 7) is 2.06. The summed E-state index contributed by atoms with van der Waals surface area (Å²) in [6, 6.07) is 9.96. The number of pyridine rings is 1. The van der Waals surface area contributed by atoms with Crippen molar-refractivity contribution in [3.8, 4) is 0 Å². The van der Waals surface area contributed by atoms with E-state index in [1.807, 2.05) is 24.3 Å². The SMILES string of the molecule is Cc1ccnc2nc(CCc3cccc(N)c3)[nH]c12. The number of nitrogen functional groups attached to an aromatic ring is 1. The lowest BCUT2D eigenvalue weighted by molar-refractivity contribution is 0.889. The van der Waals surface area contributed by atoms with E-state index < -0.39 is 0 Å². The Morgan fingerprint density at radius 3 is 2.89 bits per heavy atom. The quantitative estimate of drug-likeness (QED) is 0.704. The smallest absolute Gasteiger partial charge is 0.177 e. The summed E-state index contributed by atoms with van der Waals surface area (Å²) >= 11 is 0. The van der Waals surface area contributed by atoms with E-state index in [2.05, 4.69) is 27.9 Å². The van der Waals surface area contributed by atoms with Gasteiger partial charge >= 0.3 is 0 Å². The number of nitrogens with zero attached hydrogens (tertiary/aromatic N) is 2. The zero-order chi connectivity index (χ0) is 13.2. The maximum Gasteiger partial charge on any atom is 0.177 e. The second-order valence-corrected chi connectivity index (χ2v) is 4.75. The lowest BCUT2D eigenvalue weighted by atomic mass is 10.1. The first-order chi connectivity index (χ1) is 9.22. The molecule has 0 spiro atoms. The van der Waals surface area contributed by atoms with Gasteiger partial charge in [0.15, 0.2) is 5.65 Å². The Labute approximate surface area is 111 Å². The molecule has 1 aromatic carbocycles. The molecule has 0 aliphatic heterocycles. The highest BCUT2D eigenvalue weighted by Gasteiger charge is 2.06. The van der Waals surface area contributed by atoms with Crippen molar-refractivity contribution in [1.29, 1.82) is 0 Å². The monoisotopic (exact) mass is 252 g/mol. The molecule has 0 saturated heterocycles. The number of fused-ring (bicyclic) bond motifs is 1. The van der Waals surface area contributed by atoms with Crippen molar-refractivity contribution in [3.63, 3.8) is 0 Å². The van der Waals surface area contributed by atoms with Gasteiger partial charge in [-0.05, 0) is 42.7 Å². The molecule has 0 saturated carbocycles. The van der Waals surface area contributed by atoms with Crippen molar-refractivity contribution >= 4 is 16.9 Å². The van der Waals surface area contributed by atoms with Crippen LogP contribution < -0.4 is 5.73 Å². The first-order valence-corrected chi connectivity index (χ1v) is 6.37. The zero-order valence-corrected chi connectivity index (χ0v) is 10.9. The number of H-pyrrole nitrogens is 1. The number of rotatable bonds is 3. The van der Waals surface area contributed by atoms with Crippen LogP contribution in [0.5, 0.6) is 0 Å². The van der Waals surface area contributed by atoms with Gasteiger partial charge in [0.05, 0.1) is 5.52 Å². The molecule has 0 atom stereocenters. The number of aromatic amines is 1. The Balaban J connectivity index is 1.80. The highest BCUT2D eigenvalue weighted by molar-refractivity contribution is 5.74. The highest BCUT2D eigenvalue weighted by Crippen LogP contribution is 2.15. The second-order valence-electron chi connectivity index (χ2n) is 4.75. The van der Waals surface area contributed by atoms with Crippen LogP contribution in [0.25, 0.3) is 11.2 Å². The number of nitrogens with two attached hydrogens (primary N) is 1. The van der Waals surface area contributed by atoms with Crippen LogP contribution in [0.4, 0.5) is 5.69 Å². The van der Waals surface area contributed by atoms with Gasteiger partial charge < -0.3 is 10.7 Å². The van der Waals surface area contributed by atoms with Crippen molar-refractivity contribution in [2.75, 3.05) is 5.73 Å². The van der Waals surface area contributed by atoms with Crippen molar-refractivity contribution in [2.24, 2.45) is 0 Å². The molecule has 19 heavy (non-hydrogen) atoms. The summed E-state index contributed by atoms with van der Waals surface area (Å²) in [5, 5.41) is 0. The van der Waals surface area contributed by atoms with Gasteiger partial charge in [0.25, 0.3) is 0 Å². The van der Waals surface area contributed by atoms with Crippen LogP contribution >= 0.6 is 0 Å². The van der Waals surface area contributed by atoms with Crippen molar-refractivity contribution < 1.29 is 0 Å². The maximum absolute atomic E-state index is 5.78. The minimum Gasteiger partial charge on any atom is -0.399 e. The molecule has 0 radical (unpaired) electrons. The van der Waals surface area contributed by atoms with E-state index in [1.165, 1.54) is 11.1 Å². The van der Waals surface area contributed by atoms with E-state index in [4.69, 9.17) is 5.73 Å². The molecule has 0 amide bonds. The topological polar surface area (TPSA) is 67.6 Å². The lowest BCUT2D eigenvalue weighted by Crippen LogP contribution is -1.94. The number of hydrogen-bond acceptors (Lipinski definition) is 3. The van der Waals surface area contributed by atoms with E-state index in [1.54, 1.807) is 6.20 Å². The molecule has 3 rings (SSSR count). The Hall–Kier alpha value is -2.36. The normalized spacial score (nSPS) is 11.0. The third kappa shape index (κ3) is 2.42. The molecule has 4 heteroatoms. The van der Waals surface area contributed by atoms with E-state index >= 15 is 0 Å². The van der Waals surface area contributed by atoms with Crippen LogP contribution in [0.2, 0.25) is 0 Å². The summed E-state index contributed by atoms with van der Waals surface area (Å²) < 4.78 is 0. The minimum atomic E-state index is 0.794. The van der Waals surface area contributed by atoms with Crippen molar-refractivity contribution in [1.82, 2.24) is 15.0 Å². The molecule has 4 nitrogen and oxygen atoms in total. The van der Waals surface area contributed by atoms with Gasteiger partial charge in [0, 0.05) is 18.3 Å². The van der Waals surface area contributed by atoms with Gasteiger partial charge in [0.2, 0.25) is 0 Å². The van der Waals surface area contributed by atoms with Gasteiger partial charge in [-0.15, -0.1) is 0 Å². The van der Waals surface area contributed by atoms with Gasteiger partial charge in [-0.2, -0.15) is 0 Å². The fraction of sp³-hybridized carbons (Fsp3) is 0.200. The molecule has 0 bridgehead atoms. The summed E-state index contributed by atoms with van der Waals surface area (Å²) in [5.41, 5.74) is 10.8. The third-order valence-electron chi connectivity index (χ3n) is 3.25. The maximum atomic E-state index is 5.78. The Morgan fingerprint density at radius 2 is 2.11 bits per heavy atom. The van der Waals surface area contributed by atoms with E-state index in [0.717, 1.165) is 35.5 Å². The number of nitrogens with one attached hydrogen (secondary N) is 1. The van der Waals surface area contributed by atoms with Crippen LogP contribution in [0, 0.1) is 6.92 Å². The van der Waals surface area contributed by atoms with Gasteiger partial charge in [0.1, 0.15) is 5.82 Å². The molecular weight excluding hydrogens is 236 g/mol. The first-order valence-electron chi connectivity index (χ1n) is 6.37. The molecule has 3 N–H and O–H groups in total.